The summed E-state index contributed by atoms with van der Waals surface area (Å²) < 4.78 is 0. The minimum Gasteiger partial charge on any atom is -0.383 e. The van der Waals surface area contributed by atoms with E-state index in [2.05, 4.69) is 15.3 Å². The lowest BCUT2D eigenvalue weighted by molar-refractivity contribution is -0.115. The van der Waals surface area contributed by atoms with Gasteiger partial charge >= 0.3 is 0 Å². The number of nitrogens with two attached hydrogens (primary N) is 2. The third-order valence-electron chi connectivity index (χ3n) is 2.61. The lowest BCUT2D eigenvalue weighted by Gasteiger charge is -2.06. The van der Waals surface area contributed by atoms with Crippen molar-refractivity contribution in [3.63, 3.8) is 0 Å². The number of rotatable bonds is 5. The number of anilines is 3. The second kappa shape index (κ2) is 6.94. The number of thioether (sulfide) groups is 1. The SMILES string of the molecule is Cc1cccc(NC(=O)CCSc2nc(N)cc(N)n2)c1. The molecule has 0 saturated heterocycles. The van der Waals surface area contributed by atoms with Crippen molar-refractivity contribution < 1.29 is 4.79 Å². The Hall–Kier alpha value is -2.28. The molecule has 0 bridgehead atoms. The number of nitrogens with zero attached hydrogens (tertiary/aromatic N) is 2. The zero-order chi connectivity index (χ0) is 15.2. The van der Waals surface area contributed by atoms with E-state index in [1.165, 1.54) is 17.8 Å². The van der Waals surface area contributed by atoms with Crippen LogP contribution in [0.4, 0.5) is 17.3 Å². The van der Waals surface area contributed by atoms with Gasteiger partial charge in [-0.05, 0) is 24.6 Å². The van der Waals surface area contributed by atoms with Crippen LogP contribution in [0.2, 0.25) is 0 Å². The van der Waals surface area contributed by atoms with Crippen LogP contribution in [0.1, 0.15) is 12.0 Å². The molecule has 1 aromatic carbocycles. The molecule has 1 heterocycles. The molecule has 0 aliphatic heterocycles. The average molecular weight is 303 g/mol. The first-order valence-electron chi connectivity index (χ1n) is 6.42. The smallest absolute Gasteiger partial charge is 0.225 e. The Kier molecular flexibility index (Phi) is 4.99. The van der Waals surface area contributed by atoms with Gasteiger partial charge in [-0.2, -0.15) is 0 Å². The molecule has 5 N–H and O–H groups in total. The number of hydrogen-bond acceptors (Lipinski definition) is 6. The molecule has 0 saturated carbocycles. The van der Waals surface area contributed by atoms with Crippen molar-refractivity contribution in [2.45, 2.75) is 18.5 Å². The molecular weight excluding hydrogens is 286 g/mol. The van der Waals surface area contributed by atoms with Gasteiger partial charge in [0.1, 0.15) is 11.6 Å². The topological polar surface area (TPSA) is 107 Å². The van der Waals surface area contributed by atoms with E-state index in [9.17, 15) is 4.79 Å². The molecule has 6 nitrogen and oxygen atoms in total. The van der Waals surface area contributed by atoms with E-state index in [0.29, 0.717) is 29.0 Å². The molecule has 2 aromatic rings. The van der Waals surface area contributed by atoms with Gasteiger partial charge in [0.2, 0.25) is 5.91 Å². The number of carbonyl (C=O) groups excluding carboxylic acids is 1. The number of carbonyl (C=O) groups is 1. The van der Waals surface area contributed by atoms with Crippen molar-refractivity contribution in [3.8, 4) is 0 Å². The summed E-state index contributed by atoms with van der Waals surface area (Å²) in [6, 6.07) is 9.16. The molecule has 2 rings (SSSR count). The van der Waals surface area contributed by atoms with E-state index in [-0.39, 0.29) is 5.91 Å². The third kappa shape index (κ3) is 4.96. The molecular formula is C14H17N5OS. The number of nitrogen functional groups attached to an aromatic ring is 2. The Morgan fingerprint density at radius 1 is 1.24 bits per heavy atom. The first-order chi connectivity index (χ1) is 10.0. The summed E-state index contributed by atoms with van der Waals surface area (Å²) in [6.07, 6.45) is 0.358. The summed E-state index contributed by atoms with van der Waals surface area (Å²) in [4.78, 5) is 19.9. The van der Waals surface area contributed by atoms with Crippen LogP contribution >= 0.6 is 11.8 Å². The van der Waals surface area contributed by atoms with E-state index in [1.54, 1.807) is 0 Å². The Labute approximate surface area is 127 Å². The van der Waals surface area contributed by atoms with Gasteiger partial charge in [-0.25, -0.2) is 9.97 Å². The van der Waals surface area contributed by atoms with E-state index in [0.717, 1.165) is 11.3 Å². The van der Waals surface area contributed by atoms with Crippen LogP contribution in [0.3, 0.4) is 0 Å². The van der Waals surface area contributed by atoms with Crippen LogP contribution in [0.25, 0.3) is 0 Å². The van der Waals surface area contributed by atoms with Gasteiger partial charge in [0.15, 0.2) is 5.16 Å². The summed E-state index contributed by atoms with van der Waals surface area (Å²) in [6.45, 7) is 1.98. The van der Waals surface area contributed by atoms with Crippen molar-refractivity contribution in [2.75, 3.05) is 22.5 Å². The highest BCUT2D eigenvalue weighted by molar-refractivity contribution is 7.99. The van der Waals surface area contributed by atoms with E-state index in [1.807, 2.05) is 31.2 Å². The quantitative estimate of drug-likeness (QED) is 0.576. The first-order valence-corrected chi connectivity index (χ1v) is 7.41. The van der Waals surface area contributed by atoms with Crippen molar-refractivity contribution in [1.29, 1.82) is 0 Å². The molecule has 1 amide bonds. The third-order valence-corrected chi connectivity index (χ3v) is 3.46. The number of aryl methyl sites for hydroxylation is 1. The summed E-state index contributed by atoms with van der Waals surface area (Å²) in [5, 5.41) is 3.33. The Morgan fingerprint density at radius 3 is 2.62 bits per heavy atom. The van der Waals surface area contributed by atoms with Crippen LogP contribution in [-0.2, 0) is 4.79 Å². The van der Waals surface area contributed by atoms with Crippen molar-refractivity contribution >= 4 is 35.0 Å². The number of benzene rings is 1. The van der Waals surface area contributed by atoms with Gasteiger partial charge in [-0.15, -0.1) is 0 Å². The zero-order valence-electron chi connectivity index (χ0n) is 11.7. The zero-order valence-corrected chi connectivity index (χ0v) is 12.5. The maximum Gasteiger partial charge on any atom is 0.225 e. The highest BCUT2D eigenvalue weighted by atomic mass is 32.2. The summed E-state index contributed by atoms with van der Waals surface area (Å²) in [5.41, 5.74) is 13.1. The molecule has 0 atom stereocenters. The van der Waals surface area contributed by atoms with Crippen molar-refractivity contribution in [1.82, 2.24) is 9.97 Å². The molecule has 0 fully saturated rings. The van der Waals surface area contributed by atoms with Gasteiger partial charge in [0, 0.05) is 23.9 Å². The molecule has 1 aromatic heterocycles. The minimum atomic E-state index is -0.0509. The van der Waals surface area contributed by atoms with E-state index >= 15 is 0 Å². The summed E-state index contributed by atoms with van der Waals surface area (Å²) >= 11 is 1.35. The largest absolute Gasteiger partial charge is 0.383 e. The number of aromatic nitrogens is 2. The number of amides is 1. The van der Waals surface area contributed by atoms with Gasteiger partial charge in [-0.3, -0.25) is 4.79 Å². The van der Waals surface area contributed by atoms with Crippen LogP contribution in [-0.4, -0.2) is 21.6 Å². The lowest BCUT2D eigenvalue weighted by Crippen LogP contribution is -2.12. The maximum atomic E-state index is 11.8. The molecule has 0 unspecified atom stereocenters. The Balaban J connectivity index is 1.81. The Morgan fingerprint density at radius 2 is 1.95 bits per heavy atom. The molecule has 0 spiro atoms. The second-order valence-electron chi connectivity index (χ2n) is 4.52. The monoisotopic (exact) mass is 303 g/mol. The fourth-order valence-corrected chi connectivity index (χ4v) is 2.52. The van der Waals surface area contributed by atoms with Gasteiger partial charge in [0.25, 0.3) is 0 Å². The minimum absolute atomic E-state index is 0.0509. The lowest BCUT2D eigenvalue weighted by atomic mass is 10.2. The van der Waals surface area contributed by atoms with Gasteiger partial charge in [-0.1, -0.05) is 23.9 Å². The highest BCUT2D eigenvalue weighted by Crippen LogP contribution is 2.17. The molecule has 0 aliphatic carbocycles. The normalized spacial score (nSPS) is 10.3. The Bertz CT molecular complexity index is 627. The number of hydrogen-bond donors (Lipinski definition) is 3. The molecule has 0 aliphatic rings. The predicted octanol–water partition coefficient (Wildman–Crippen LogP) is 2.07. The van der Waals surface area contributed by atoms with Crippen molar-refractivity contribution in [3.05, 3.63) is 35.9 Å². The van der Waals surface area contributed by atoms with Crippen LogP contribution in [0.5, 0.6) is 0 Å². The fraction of sp³-hybridized carbons (Fsp3) is 0.214. The predicted molar refractivity (Wildman–Crippen MR) is 86.0 cm³/mol. The van der Waals surface area contributed by atoms with Crippen molar-refractivity contribution in [2.24, 2.45) is 0 Å². The van der Waals surface area contributed by atoms with Crippen LogP contribution in [0, 0.1) is 6.92 Å². The molecule has 110 valence electrons. The highest BCUT2D eigenvalue weighted by Gasteiger charge is 2.05. The average Bonchev–Trinajstić information content (AvgIpc) is 2.37. The maximum absolute atomic E-state index is 11.8. The van der Waals surface area contributed by atoms with E-state index < -0.39 is 0 Å². The first kappa shape index (κ1) is 15.1. The fourth-order valence-electron chi connectivity index (χ4n) is 1.71. The number of nitrogens with one attached hydrogen (secondary N) is 1. The van der Waals surface area contributed by atoms with Crippen LogP contribution in [0.15, 0.2) is 35.5 Å². The summed E-state index contributed by atoms with van der Waals surface area (Å²) in [5.74, 6) is 1.16. The van der Waals surface area contributed by atoms with Gasteiger partial charge in [0.05, 0.1) is 0 Å². The van der Waals surface area contributed by atoms with E-state index in [4.69, 9.17) is 11.5 Å². The molecule has 7 heteroatoms. The van der Waals surface area contributed by atoms with Gasteiger partial charge < -0.3 is 16.8 Å². The summed E-state index contributed by atoms with van der Waals surface area (Å²) in [7, 11) is 0. The molecule has 21 heavy (non-hydrogen) atoms. The van der Waals surface area contributed by atoms with Crippen LogP contribution < -0.4 is 16.8 Å². The second-order valence-corrected chi connectivity index (χ2v) is 5.58. The molecule has 0 radical (unpaired) electrons. The standard InChI is InChI=1S/C14H17N5OS/c1-9-3-2-4-10(7-9)17-13(20)5-6-21-14-18-11(15)8-12(16)19-14/h2-4,7-8H,5-6H2,1H3,(H,17,20)(H4,15,16,18,19).